The zero-order valence-corrected chi connectivity index (χ0v) is 24.5. The van der Waals surface area contributed by atoms with Gasteiger partial charge in [0.05, 0.1) is 39.6 Å². The fraction of sp³-hybridized carbons (Fsp3) is 0.444. The Kier molecular flexibility index (Phi) is 50.9. The van der Waals surface area contributed by atoms with Crippen LogP contribution in [-0.4, -0.2) is 126 Å². The summed E-state index contributed by atoms with van der Waals surface area (Å²) in [5, 5.41) is 90.0. The summed E-state index contributed by atoms with van der Waals surface area (Å²) in [6, 6.07) is 0. The second kappa shape index (κ2) is 40.0. The molecule has 0 radical (unpaired) electrons. The monoisotopic (exact) mass is 628 g/mol. The average Bonchev–Trinajstić information content (AvgIpc) is 3.01. The van der Waals surface area contributed by atoms with E-state index in [4.69, 9.17) is 56.2 Å². The second-order valence-electron chi connectivity index (χ2n) is 7.37. The van der Waals surface area contributed by atoms with Crippen LogP contribution in [0.25, 0.3) is 0 Å². The van der Waals surface area contributed by atoms with Crippen LogP contribution in [-0.2, 0) is 24.0 Å². The lowest BCUT2D eigenvalue weighted by Crippen LogP contribution is -2.32. The first kappa shape index (κ1) is 54.8. The molecule has 0 aliphatic heterocycles. The van der Waals surface area contributed by atoms with Gasteiger partial charge in [-0.2, -0.15) is 0 Å². The van der Waals surface area contributed by atoms with Crippen molar-refractivity contribution in [2.75, 3.05) is 39.6 Å². The number of carboxylic acid groups (broad SMARTS) is 5. The highest BCUT2D eigenvalue weighted by molar-refractivity contribution is 5.80. The highest BCUT2D eigenvalue weighted by Gasteiger charge is 2.25. The van der Waals surface area contributed by atoms with E-state index in [-0.39, 0.29) is 39.6 Å². The van der Waals surface area contributed by atoms with Gasteiger partial charge in [0, 0.05) is 41.2 Å². The lowest BCUT2D eigenvalue weighted by Gasteiger charge is -2.24. The molecule has 0 aliphatic rings. The number of hydrogen-bond acceptors (Lipinski definition) is 11. The summed E-state index contributed by atoms with van der Waals surface area (Å²) >= 11 is 0. The molecule has 0 aromatic heterocycles. The zero-order valence-electron chi connectivity index (χ0n) is 24.5. The predicted molar refractivity (Wildman–Crippen MR) is 157 cm³/mol. The lowest BCUT2D eigenvalue weighted by atomic mass is 9.88. The molecule has 0 aromatic rings. The highest BCUT2D eigenvalue weighted by atomic mass is 16.4. The molecular weight excluding hydrogens is 580 g/mol. The van der Waals surface area contributed by atoms with E-state index in [9.17, 15) is 24.0 Å². The Labute approximate surface area is 250 Å². The van der Waals surface area contributed by atoms with Crippen LogP contribution in [0.4, 0.5) is 0 Å². The third-order valence-corrected chi connectivity index (χ3v) is 4.39. The predicted octanol–water partition coefficient (Wildman–Crippen LogP) is 0.00440. The minimum atomic E-state index is -0.981. The standard InChI is InChI=1S/2C6H14O3.5C3H4O2/c2*1-2-6(3-7,4-8)5-9;5*1-2-3(4)5/h2*7-9H,2-5H2,1H3;5*2H,1H2,(H,4,5). The van der Waals surface area contributed by atoms with Crippen molar-refractivity contribution in [3.8, 4) is 0 Å². The first-order valence-corrected chi connectivity index (χ1v) is 11.8. The van der Waals surface area contributed by atoms with Crippen molar-refractivity contribution in [1.82, 2.24) is 0 Å². The Morgan fingerprint density at radius 1 is 0.419 bits per heavy atom. The second-order valence-corrected chi connectivity index (χ2v) is 7.37. The number of aliphatic carboxylic acids is 5. The molecule has 0 aliphatic carbocycles. The largest absolute Gasteiger partial charge is 0.478 e. The van der Waals surface area contributed by atoms with E-state index < -0.39 is 40.7 Å². The van der Waals surface area contributed by atoms with Crippen molar-refractivity contribution >= 4 is 29.8 Å². The minimum absolute atomic E-state index is 0.156. The van der Waals surface area contributed by atoms with Crippen LogP contribution in [0, 0.1) is 10.8 Å². The fourth-order valence-electron chi connectivity index (χ4n) is 0.971. The molecule has 0 spiro atoms. The van der Waals surface area contributed by atoms with Crippen molar-refractivity contribution in [3.63, 3.8) is 0 Å². The Bertz CT molecular complexity index is 622. The van der Waals surface area contributed by atoms with Crippen molar-refractivity contribution in [2.45, 2.75) is 26.7 Å². The molecule has 0 rings (SSSR count). The summed E-state index contributed by atoms with van der Waals surface area (Å²) < 4.78 is 0. The molecule has 43 heavy (non-hydrogen) atoms. The summed E-state index contributed by atoms with van der Waals surface area (Å²) in [6.07, 6.45) is 5.35. The van der Waals surface area contributed by atoms with Crippen LogP contribution in [0.5, 0.6) is 0 Å². The third kappa shape index (κ3) is 54.6. The smallest absolute Gasteiger partial charge is 0.327 e. The van der Waals surface area contributed by atoms with Gasteiger partial charge in [-0.3, -0.25) is 0 Å². The maximum atomic E-state index is 9.25. The zero-order chi connectivity index (χ0) is 36.1. The molecule has 252 valence electrons. The van der Waals surface area contributed by atoms with Gasteiger partial charge in [0.2, 0.25) is 0 Å². The van der Waals surface area contributed by atoms with Crippen LogP contribution < -0.4 is 0 Å². The van der Waals surface area contributed by atoms with Gasteiger partial charge in [-0.05, 0) is 12.8 Å². The molecule has 0 amide bonds. The first-order valence-electron chi connectivity index (χ1n) is 11.8. The van der Waals surface area contributed by atoms with E-state index in [1.807, 2.05) is 13.8 Å². The highest BCUT2D eigenvalue weighted by Crippen LogP contribution is 2.18. The van der Waals surface area contributed by atoms with Gasteiger partial charge in [0.15, 0.2) is 0 Å². The molecule has 0 atom stereocenters. The van der Waals surface area contributed by atoms with Crippen molar-refractivity contribution in [2.24, 2.45) is 10.8 Å². The molecule has 16 heteroatoms. The van der Waals surface area contributed by atoms with E-state index in [1.54, 1.807) is 0 Å². The molecule has 0 fully saturated rings. The molecule has 16 nitrogen and oxygen atoms in total. The molecule has 0 unspecified atom stereocenters. The Hall–Kier alpha value is -4.19. The van der Waals surface area contributed by atoms with E-state index in [1.165, 1.54) is 0 Å². The SMILES string of the molecule is C=CC(=O)O.C=CC(=O)O.C=CC(=O)O.C=CC(=O)O.C=CC(=O)O.CCC(CO)(CO)CO.CCC(CO)(CO)CO. The van der Waals surface area contributed by atoms with Gasteiger partial charge in [-0.1, -0.05) is 46.7 Å². The number of carboxylic acids is 5. The maximum absolute atomic E-state index is 9.25. The average molecular weight is 629 g/mol. The van der Waals surface area contributed by atoms with Crippen molar-refractivity contribution < 1.29 is 80.1 Å². The van der Waals surface area contributed by atoms with Crippen molar-refractivity contribution in [1.29, 1.82) is 0 Å². The van der Waals surface area contributed by atoms with Gasteiger partial charge in [-0.15, -0.1) is 0 Å². The molecule has 0 saturated carbocycles. The summed E-state index contributed by atoms with van der Waals surface area (Å²) in [5.74, 6) is -4.91. The summed E-state index contributed by atoms with van der Waals surface area (Å²) in [4.78, 5) is 46.2. The maximum Gasteiger partial charge on any atom is 0.327 e. The van der Waals surface area contributed by atoms with Gasteiger partial charge in [0.1, 0.15) is 0 Å². The Morgan fingerprint density at radius 3 is 0.512 bits per heavy atom. The number of aliphatic hydroxyl groups is 6. The number of hydrogen-bond donors (Lipinski definition) is 11. The van der Waals surface area contributed by atoms with E-state index in [0.717, 1.165) is 30.4 Å². The van der Waals surface area contributed by atoms with E-state index in [2.05, 4.69) is 32.9 Å². The molecular formula is C27H48O16. The summed E-state index contributed by atoms with van der Waals surface area (Å²) in [5.41, 5.74) is -1.33. The van der Waals surface area contributed by atoms with Crippen molar-refractivity contribution in [3.05, 3.63) is 63.3 Å². The van der Waals surface area contributed by atoms with Crippen LogP contribution in [0.15, 0.2) is 63.3 Å². The number of carbonyl (C=O) groups is 5. The Balaban J connectivity index is -0.0000000718. The molecule has 0 aromatic carbocycles. The molecule has 0 saturated heterocycles. The first-order chi connectivity index (χ1) is 19.8. The van der Waals surface area contributed by atoms with E-state index in [0.29, 0.717) is 12.8 Å². The molecule has 0 bridgehead atoms. The van der Waals surface area contributed by atoms with Crippen LogP contribution in [0.3, 0.4) is 0 Å². The van der Waals surface area contributed by atoms with Gasteiger partial charge >= 0.3 is 29.8 Å². The number of aliphatic hydroxyl groups excluding tert-OH is 6. The van der Waals surface area contributed by atoms with Crippen LogP contribution >= 0.6 is 0 Å². The topological polar surface area (TPSA) is 308 Å². The number of rotatable bonds is 13. The van der Waals surface area contributed by atoms with Crippen LogP contribution in [0.2, 0.25) is 0 Å². The normalized spacial score (nSPS) is 8.74. The lowest BCUT2D eigenvalue weighted by molar-refractivity contribution is -0.132. The minimum Gasteiger partial charge on any atom is -0.478 e. The van der Waals surface area contributed by atoms with Gasteiger partial charge < -0.3 is 56.2 Å². The quantitative estimate of drug-likeness (QED) is 0.120. The molecule has 0 heterocycles. The van der Waals surface area contributed by atoms with Gasteiger partial charge in [0.25, 0.3) is 0 Å². The third-order valence-electron chi connectivity index (χ3n) is 4.39. The summed E-state index contributed by atoms with van der Waals surface area (Å²) in [7, 11) is 0. The summed E-state index contributed by atoms with van der Waals surface area (Å²) in [6.45, 7) is 17.5. The Morgan fingerprint density at radius 2 is 0.512 bits per heavy atom. The van der Waals surface area contributed by atoms with E-state index >= 15 is 0 Å². The fourth-order valence-corrected chi connectivity index (χ4v) is 0.971. The molecule has 11 N–H and O–H groups in total. The van der Waals surface area contributed by atoms with Gasteiger partial charge in [-0.25, -0.2) is 24.0 Å². The van der Waals surface area contributed by atoms with Crippen LogP contribution in [0.1, 0.15) is 26.7 Å².